The Morgan fingerprint density at radius 2 is 1.74 bits per heavy atom. The van der Waals surface area contributed by atoms with E-state index in [4.69, 9.17) is 0 Å². The van der Waals surface area contributed by atoms with Crippen molar-refractivity contribution in [2.75, 3.05) is 5.32 Å². The van der Waals surface area contributed by atoms with E-state index in [0.717, 1.165) is 0 Å². The van der Waals surface area contributed by atoms with Crippen LogP contribution >= 0.6 is 0 Å². The summed E-state index contributed by atoms with van der Waals surface area (Å²) >= 11 is 0. The smallest absolute Gasteiger partial charge is 0.344 e. The summed E-state index contributed by atoms with van der Waals surface area (Å²) in [5.74, 6) is -2.42. The predicted molar refractivity (Wildman–Crippen MR) is 81.6 cm³/mol. The van der Waals surface area contributed by atoms with E-state index in [1.165, 1.54) is 12.1 Å². The molecule has 2 amide bonds. The van der Waals surface area contributed by atoms with Gasteiger partial charge >= 0.3 is 12.1 Å². The average Bonchev–Trinajstić information content (AvgIpc) is 2.42. The number of hydrogen-bond donors (Lipinski definition) is 2. The topological polar surface area (TPSA) is 58.2 Å². The lowest BCUT2D eigenvalue weighted by atomic mass is 9.96. The summed E-state index contributed by atoms with van der Waals surface area (Å²) in [5.41, 5.74) is 0.554. The van der Waals surface area contributed by atoms with Crippen LogP contribution in [0.5, 0.6) is 0 Å². The molecule has 0 aliphatic rings. The van der Waals surface area contributed by atoms with Gasteiger partial charge in [0.25, 0.3) is 0 Å². The summed E-state index contributed by atoms with van der Waals surface area (Å²) in [5, 5.41) is 4.36. The molecule has 0 aliphatic carbocycles. The van der Waals surface area contributed by atoms with Crippen molar-refractivity contribution in [1.29, 1.82) is 0 Å². The molecule has 0 saturated heterocycles. The van der Waals surface area contributed by atoms with Crippen LogP contribution < -0.4 is 10.6 Å². The van der Waals surface area contributed by atoms with Crippen molar-refractivity contribution < 1.29 is 22.8 Å². The van der Waals surface area contributed by atoms with Gasteiger partial charge in [-0.15, -0.1) is 0 Å². The molecule has 0 fully saturated rings. The van der Waals surface area contributed by atoms with Crippen LogP contribution in [0.3, 0.4) is 0 Å². The summed E-state index contributed by atoms with van der Waals surface area (Å²) in [4.78, 5) is 22.7. The van der Waals surface area contributed by atoms with Crippen molar-refractivity contribution in [3.05, 3.63) is 42.0 Å². The van der Waals surface area contributed by atoms with Gasteiger partial charge in [0.05, 0.1) is 0 Å². The maximum Gasteiger partial charge on any atom is 0.471 e. The highest BCUT2D eigenvalue weighted by atomic mass is 19.4. The molecule has 0 bridgehead atoms. The molecule has 0 spiro atoms. The highest BCUT2D eigenvalue weighted by molar-refractivity contribution is 5.99. The number of nitrogens with one attached hydrogen (secondary N) is 2. The van der Waals surface area contributed by atoms with Gasteiger partial charge in [0.1, 0.15) is 0 Å². The van der Waals surface area contributed by atoms with Crippen LogP contribution in [0.2, 0.25) is 0 Å². The number of hydrogen-bond acceptors (Lipinski definition) is 2. The van der Waals surface area contributed by atoms with E-state index < -0.39 is 18.0 Å². The van der Waals surface area contributed by atoms with E-state index in [9.17, 15) is 22.8 Å². The van der Waals surface area contributed by atoms with Crippen LogP contribution in [0.4, 0.5) is 18.9 Å². The number of carbonyl (C=O) groups excluding carboxylic acids is 2. The highest BCUT2D eigenvalue weighted by Gasteiger charge is 2.38. The van der Waals surface area contributed by atoms with Gasteiger partial charge in [-0.05, 0) is 23.1 Å². The van der Waals surface area contributed by atoms with E-state index in [1.807, 2.05) is 20.8 Å². The van der Waals surface area contributed by atoms with E-state index in [1.54, 1.807) is 29.6 Å². The second kappa shape index (κ2) is 7.30. The molecular weight excluding hydrogens is 309 g/mol. The molecule has 0 aromatic heterocycles. The van der Waals surface area contributed by atoms with Crippen molar-refractivity contribution in [2.45, 2.75) is 33.5 Å². The van der Waals surface area contributed by atoms with E-state index in [0.29, 0.717) is 11.3 Å². The van der Waals surface area contributed by atoms with Crippen molar-refractivity contribution in [2.24, 2.45) is 5.41 Å². The highest BCUT2D eigenvalue weighted by Crippen LogP contribution is 2.18. The lowest BCUT2D eigenvalue weighted by molar-refractivity contribution is -0.173. The Morgan fingerprint density at radius 3 is 2.30 bits per heavy atom. The van der Waals surface area contributed by atoms with Crippen molar-refractivity contribution in [1.82, 2.24) is 5.32 Å². The van der Waals surface area contributed by atoms with Crippen LogP contribution in [-0.4, -0.2) is 18.0 Å². The number of halogens is 3. The number of carbonyl (C=O) groups is 2. The molecule has 7 heteroatoms. The molecule has 4 nitrogen and oxygen atoms in total. The maximum atomic E-state index is 12.2. The molecule has 1 aromatic rings. The zero-order valence-electron chi connectivity index (χ0n) is 13.1. The average molecular weight is 328 g/mol. The van der Waals surface area contributed by atoms with Gasteiger partial charge in [-0.2, -0.15) is 13.2 Å². The number of benzene rings is 1. The van der Waals surface area contributed by atoms with Gasteiger partial charge in [0.15, 0.2) is 0 Å². The molecule has 2 N–H and O–H groups in total. The monoisotopic (exact) mass is 328 g/mol. The summed E-state index contributed by atoms with van der Waals surface area (Å²) in [6.45, 7) is 5.45. The third-order valence-corrected chi connectivity index (χ3v) is 2.71. The first-order chi connectivity index (χ1) is 10.5. The van der Waals surface area contributed by atoms with Crippen molar-refractivity contribution >= 4 is 17.5 Å². The number of allylic oxidation sites excluding steroid dienone is 1. The summed E-state index contributed by atoms with van der Waals surface area (Å²) < 4.78 is 36.6. The Hall–Kier alpha value is -2.31. The van der Waals surface area contributed by atoms with Gasteiger partial charge in [0.2, 0.25) is 5.91 Å². The summed E-state index contributed by atoms with van der Waals surface area (Å²) in [6.07, 6.45) is -1.85. The predicted octanol–water partition coefficient (Wildman–Crippen LogP) is 3.41. The van der Waals surface area contributed by atoms with E-state index >= 15 is 0 Å². The molecule has 0 saturated carbocycles. The van der Waals surface area contributed by atoms with Gasteiger partial charge in [-0.3, -0.25) is 9.59 Å². The first-order valence-electron chi connectivity index (χ1n) is 6.92. The maximum absolute atomic E-state index is 12.2. The Balaban J connectivity index is 2.76. The molecule has 1 aromatic carbocycles. The van der Waals surface area contributed by atoms with Gasteiger partial charge < -0.3 is 10.6 Å². The molecule has 126 valence electrons. The number of alkyl halides is 3. The zero-order chi connectivity index (χ0) is 17.7. The van der Waals surface area contributed by atoms with Gasteiger partial charge in [-0.1, -0.05) is 45.0 Å². The Labute approximate surface area is 132 Å². The SMILES string of the molecule is CC(C)(C)/C=C/C(=O)Nc1ccccc1CNC(=O)C(F)(F)F. The number of amides is 2. The molecule has 0 unspecified atom stereocenters. The third-order valence-electron chi connectivity index (χ3n) is 2.71. The Bertz CT molecular complexity index is 602. The fraction of sp³-hybridized carbons (Fsp3) is 0.375. The van der Waals surface area contributed by atoms with Crippen molar-refractivity contribution in [3.63, 3.8) is 0 Å². The minimum atomic E-state index is -4.94. The Morgan fingerprint density at radius 1 is 1.13 bits per heavy atom. The van der Waals surface area contributed by atoms with Gasteiger partial charge in [-0.25, -0.2) is 0 Å². The molecule has 0 radical (unpaired) electrons. The van der Waals surface area contributed by atoms with Crippen LogP contribution in [0.25, 0.3) is 0 Å². The van der Waals surface area contributed by atoms with Crippen LogP contribution in [0, 0.1) is 5.41 Å². The minimum absolute atomic E-state index is 0.169. The molecule has 0 atom stereocenters. The third kappa shape index (κ3) is 6.99. The Kier molecular flexibility index (Phi) is 5.95. The number of rotatable bonds is 4. The summed E-state index contributed by atoms with van der Waals surface area (Å²) in [6, 6.07) is 6.32. The fourth-order valence-electron chi connectivity index (χ4n) is 1.57. The fourth-order valence-corrected chi connectivity index (χ4v) is 1.57. The quantitative estimate of drug-likeness (QED) is 0.832. The largest absolute Gasteiger partial charge is 0.471 e. The second-order valence-electron chi connectivity index (χ2n) is 6.03. The summed E-state index contributed by atoms with van der Waals surface area (Å²) in [7, 11) is 0. The number of para-hydroxylation sites is 1. The number of anilines is 1. The normalized spacial score (nSPS) is 12.3. The standard InChI is InChI=1S/C16H19F3N2O2/c1-15(2,3)9-8-13(22)21-12-7-5-4-6-11(12)10-20-14(23)16(17,18)19/h4-9H,10H2,1-3H3,(H,20,23)(H,21,22)/b9-8+. The van der Waals surface area contributed by atoms with Crippen LogP contribution in [0.15, 0.2) is 36.4 Å². The first kappa shape index (κ1) is 18.7. The molecular formula is C16H19F3N2O2. The lowest BCUT2D eigenvalue weighted by Gasteiger charge is -2.13. The van der Waals surface area contributed by atoms with Crippen molar-refractivity contribution in [3.8, 4) is 0 Å². The van der Waals surface area contributed by atoms with E-state index in [-0.39, 0.29) is 12.0 Å². The van der Waals surface area contributed by atoms with Gasteiger partial charge in [0, 0.05) is 12.2 Å². The molecule has 1 rings (SSSR count). The second-order valence-corrected chi connectivity index (χ2v) is 6.03. The zero-order valence-corrected chi connectivity index (χ0v) is 13.1. The lowest BCUT2D eigenvalue weighted by Crippen LogP contribution is -2.36. The minimum Gasteiger partial charge on any atom is -0.344 e. The van der Waals surface area contributed by atoms with Crippen LogP contribution in [-0.2, 0) is 16.1 Å². The first-order valence-corrected chi connectivity index (χ1v) is 6.92. The molecule has 0 aliphatic heterocycles. The van der Waals surface area contributed by atoms with E-state index in [2.05, 4.69) is 5.32 Å². The molecule has 23 heavy (non-hydrogen) atoms. The van der Waals surface area contributed by atoms with Crippen LogP contribution in [0.1, 0.15) is 26.3 Å². The molecule has 0 heterocycles.